The summed E-state index contributed by atoms with van der Waals surface area (Å²) >= 11 is 0. The van der Waals surface area contributed by atoms with Crippen molar-refractivity contribution in [3.63, 3.8) is 0 Å². The Morgan fingerprint density at radius 1 is 1.30 bits per heavy atom. The largest absolute Gasteiger partial charge is 0.399 e. The van der Waals surface area contributed by atoms with Crippen molar-refractivity contribution in [2.45, 2.75) is 6.92 Å². The van der Waals surface area contributed by atoms with Gasteiger partial charge in [0.2, 0.25) is 0 Å². The lowest BCUT2D eigenvalue weighted by Gasteiger charge is -2.18. The average molecular weight is 267 g/mol. The topological polar surface area (TPSA) is 59.2 Å². The van der Waals surface area contributed by atoms with Crippen molar-refractivity contribution < 1.29 is 4.79 Å². The molecule has 0 aliphatic rings. The monoisotopic (exact) mass is 267 g/mol. The first kappa shape index (κ1) is 13.8. The molecule has 0 fully saturated rings. The smallest absolute Gasteiger partial charge is 0.250 e. The van der Waals surface area contributed by atoms with E-state index in [2.05, 4.69) is 4.98 Å². The second kappa shape index (κ2) is 6.52. The maximum atomic E-state index is 12.2. The van der Waals surface area contributed by atoms with E-state index in [4.69, 9.17) is 5.73 Å². The Morgan fingerprint density at radius 2 is 2.05 bits per heavy atom. The fourth-order valence-corrected chi connectivity index (χ4v) is 1.91. The fourth-order valence-electron chi connectivity index (χ4n) is 1.91. The van der Waals surface area contributed by atoms with Crippen LogP contribution in [0.15, 0.2) is 54.9 Å². The van der Waals surface area contributed by atoms with Crippen molar-refractivity contribution in [1.82, 2.24) is 4.98 Å². The predicted octanol–water partition coefficient (Wildman–Crippen LogP) is 2.73. The SMILES string of the molecule is CCN(C(=O)/C=C/c1cccc(N)c1)c1ccncc1. The van der Waals surface area contributed by atoms with Gasteiger partial charge in [-0.15, -0.1) is 0 Å². The predicted molar refractivity (Wildman–Crippen MR) is 82.2 cm³/mol. The van der Waals surface area contributed by atoms with Gasteiger partial charge < -0.3 is 10.6 Å². The van der Waals surface area contributed by atoms with Gasteiger partial charge in [0.05, 0.1) is 0 Å². The van der Waals surface area contributed by atoms with Crippen LogP contribution in [-0.4, -0.2) is 17.4 Å². The number of pyridine rings is 1. The first-order valence-electron chi connectivity index (χ1n) is 6.46. The fraction of sp³-hybridized carbons (Fsp3) is 0.125. The average Bonchev–Trinajstić information content (AvgIpc) is 2.47. The van der Waals surface area contributed by atoms with Gasteiger partial charge in [-0.25, -0.2) is 0 Å². The molecule has 0 saturated carbocycles. The van der Waals surface area contributed by atoms with Crippen LogP contribution in [-0.2, 0) is 4.79 Å². The van der Waals surface area contributed by atoms with Crippen LogP contribution in [0.25, 0.3) is 6.08 Å². The Hall–Kier alpha value is -2.62. The zero-order valence-corrected chi connectivity index (χ0v) is 11.4. The maximum Gasteiger partial charge on any atom is 0.250 e. The zero-order valence-electron chi connectivity index (χ0n) is 11.4. The molecule has 1 aromatic carbocycles. The van der Waals surface area contributed by atoms with E-state index < -0.39 is 0 Å². The van der Waals surface area contributed by atoms with Crippen LogP contribution in [0.4, 0.5) is 11.4 Å². The number of hydrogen-bond donors (Lipinski definition) is 1. The summed E-state index contributed by atoms with van der Waals surface area (Å²) < 4.78 is 0. The molecule has 0 unspecified atom stereocenters. The third-order valence-electron chi connectivity index (χ3n) is 2.89. The highest BCUT2D eigenvalue weighted by Crippen LogP contribution is 2.13. The van der Waals surface area contributed by atoms with Crippen LogP contribution >= 0.6 is 0 Å². The van der Waals surface area contributed by atoms with Crippen LogP contribution in [0.5, 0.6) is 0 Å². The zero-order chi connectivity index (χ0) is 14.4. The molecule has 0 saturated heterocycles. The lowest BCUT2D eigenvalue weighted by molar-refractivity contribution is -0.114. The molecule has 102 valence electrons. The number of benzene rings is 1. The number of hydrogen-bond acceptors (Lipinski definition) is 3. The number of nitrogens with two attached hydrogens (primary N) is 1. The van der Waals surface area contributed by atoms with Crippen molar-refractivity contribution in [3.8, 4) is 0 Å². The highest BCUT2D eigenvalue weighted by Gasteiger charge is 2.10. The summed E-state index contributed by atoms with van der Waals surface area (Å²) in [5, 5.41) is 0. The minimum atomic E-state index is -0.0684. The number of carbonyl (C=O) groups excluding carboxylic acids is 1. The van der Waals surface area contributed by atoms with Crippen LogP contribution in [0.1, 0.15) is 12.5 Å². The minimum absolute atomic E-state index is 0.0684. The van der Waals surface area contributed by atoms with Gasteiger partial charge in [-0.1, -0.05) is 12.1 Å². The first-order valence-corrected chi connectivity index (χ1v) is 6.46. The third kappa shape index (κ3) is 3.45. The van der Waals surface area contributed by atoms with Crippen molar-refractivity contribution in [3.05, 3.63) is 60.4 Å². The van der Waals surface area contributed by atoms with Crippen molar-refractivity contribution in [1.29, 1.82) is 0 Å². The summed E-state index contributed by atoms with van der Waals surface area (Å²) in [7, 11) is 0. The van der Waals surface area contributed by atoms with Crippen molar-refractivity contribution >= 4 is 23.4 Å². The van der Waals surface area contributed by atoms with Gasteiger partial charge in [0.25, 0.3) is 5.91 Å². The molecule has 0 aliphatic heterocycles. The lowest BCUT2D eigenvalue weighted by atomic mass is 10.2. The van der Waals surface area contributed by atoms with E-state index in [1.165, 1.54) is 0 Å². The number of rotatable bonds is 4. The second-order valence-corrected chi connectivity index (χ2v) is 4.29. The first-order chi connectivity index (χ1) is 9.70. The van der Waals surface area contributed by atoms with Crippen molar-refractivity contribution in [2.24, 2.45) is 0 Å². The number of nitrogen functional groups attached to an aromatic ring is 1. The van der Waals surface area contributed by atoms with Gasteiger partial charge in [-0.3, -0.25) is 9.78 Å². The highest BCUT2D eigenvalue weighted by molar-refractivity contribution is 6.03. The molecule has 4 heteroatoms. The van der Waals surface area contributed by atoms with E-state index in [1.54, 1.807) is 29.4 Å². The summed E-state index contributed by atoms with van der Waals surface area (Å²) in [5.41, 5.74) is 8.13. The molecule has 0 atom stereocenters. The molecule has 1 heterocycles. The Morgan fingerprint density at radius 3 is 2.70 bits per heavy atom. The number of amides is 1. The van der Waals surface area contributed by atoms with E-state index in [9.17, 15) is 4.79 Å². The number of carbonyl (C=O) groups is 1. The summed E-state index contributed by atoms with van der Waals surface area (Å²) in [6, 6.07) is 11.0. The number of likely N-dealkylation sites (N-methyl/N-ethyl adjacent to an activating group) is 1. The molecule has 20 heavy (non-hydrogen) atoms. The summed E-state index contributed by atoms with van der Waals surface area (Å²) in [5.74, 6) is -0.0684. The molecular formula is C16H17N3O. The third-order valence-corrected chi connectivity index (χ3v) is 2.89. The number of nitrogens with zero attached hydrogens (tertiary/aromatic N) is 2. The van der Waals surface area contributed by atoms with E-state index in [-0.39, 0.29) is 5.91 Å². The molecule has 1 aromatic heterocycles. The molecular weight excluding hydrogens is 250 g/mol. The molecule has 0 aliphatic carbocycles. The molecule has 2 aromatic rings. The van der Waals surface area contributed by atoms with Gasteiger partial charge in [0.1, 0.15) is 0 Å². The number of anilines is 2. The molecule has 1 amide bonds. The van der Waals surface area contributed by atoms with Crippen LogP contribution < -0.4 is 10.6 Å². The molecule has 0 radical (unpaired) electrons. The van der Waals surface area contributed by atoms with E-state index >= 15 is 0 Å². The van der Waals surface area contributed by atoms with Crippen LogP contribution in [0.3, 0.4) is 0 Å². The summed E-state index contributed by atoms with van der Waals surface area (Å²) in [4.78, 5) is 17.9. The normalized spacial score (nSPS) is 10.7. The van der Waals surface area contributed by atoms with E-state index in [0.29, 0.717) is 12.2 Å². The maximum absolute atomic E-state index is 12.2. The number of aromatic nitrogens is 1. The minimum Gasteiger partial charge on any atom is -0.399 e. The second-order valence-electron chi connectivity index (χ2n) is 4.29. The van der Waals surface area contributed by atoms with Gasteiger partial charge >= 0.3 is 0 Å². The van der Waals surface area contributed by atoms with E-state index in [1.807, 2.05) is 43.3 Å². The molecule has 4 nitrogen and oxygen atoms in total. The Kier molecular flexibility index (Phi) is 4.50. The van der Waals surface area contributed by atoms with Gasteiger partial charge in [-0.05, 0) is 42.8 Å². The molecule has 0 spiro atoms. The standard InChI is InChI=1S/C16H17N3O/c1-2-19(15-8-10-18-11-9-15)16(20)7-6-13-4-3-5-14(17)12-13/h3-12H,2,17H2,1H3/b7-6+. The van der Waals surface area contributed by atoms with Crippen molar-refractivity contribution in [2.75, 3.05) is 17.2 Å². The van der Waals surface area contributed by atoms with Gasteiger partial charge in [0.15, 0.2) is 0 Å². The molecule has 2 N–H and O–H groups in total. The van der Waals surface area contributed by atoms with Crippen LogP contribution in [0, 0.1) is 0 Å². The Balaban J connectivity index is 2.14. The molecule has 0 bridgehead atoms. The lowest BCUT2D eigenvalue weighted by Crippen LogP contribution is -2.28. The van der Waals surface area contributed by atoms with Gasteiger partial charge in [0, 0.05) is 36.4 Å². The molecule has 2 rings (SSSR count). The summed E-state index contributed by atoms with van der Waals surface area (Å²) in [6.07, 6.45) is 6.67. The quantitative estimate of drug-likeness (QED) is 0.684. The van der Waals surface area contributed by atoms with Gasteiger partial charge in [-0.2, -0.15) is 0 Å². The Labute approximate surface area is 118 Å². The Bertz CT molecular complexity index is 608. The van der Waals surface area contributed by atoms with Crippen LogP contribution in [0.2, 0.25) is 0 Å². The summed E-state index contributed by atoms with van der Waals surface area (Å²) in [6.45, 7) is 2.54. The van der Waals surface area contributed by atoms with E-state index in [0.717, 1.165) is 11.3 Å². The highest BCUT2D eigenvalue weighted by atomic mass is 16.2.